The van der Waals surface area contributed by atoms with Gasteiger partial charge in [-0.05, 0) is 43.2 Å². The fraction of sp³-hybridized carbons (Fsp3) is 0.435. The fourth-order valence-corrected chi connectivity index (χ4v) is 4.25. The van der Waals surface area contributed by atoms with Gasteiger partial charge < -0.3 is 19.3 Å². The summed E-state index contributed by atoms with van der Waals surface area (Å²) in [6.07, 6.45) is 1.28. The normalized spacial score (nSPS) is 18.8. The second kappa shape index (κ2) is 9.12. The van der Waals surface area contributed by atoms with Gasteiger partial charge in [-0.1, -0.05) is 6.07 Å². The highest BCUT2D eigenvalue weighted by Gasteiger charge is 2.35. The van der Waals surface area contributed by atoms with E-state index in [9.17, 15) is 14.0 Å². The number of methoxy groups -OCH3 is 1. The van der Waals surface area contributed by atoms with Crippen LogP contribution >= 0.6 is 0 Å². The van der Waals surface area contributed by atoms with Crippen molar-refractivity contribution >= 4 is 23.5 Å². The van der Waals surface area contributed by atoms with Gasteiger partial charge in [0, 0.05) is 39.5 Å². The van der Waals surface area contributed by atoms with E-state index in [2.05, 4.69) is 16.0 Å². The molecule has 3 heterocycles. The molecule has 170 valence electrons. The number of anilines is 2. The van der Waals surface area contributed by atoms with E-state index in [0.29, 0.717) is 31.9 Å². The van der Waals surface area contributed by atoms with Gasteiger partial charge in [0.2, 0.25) is 0 Å². The zero-order valence-corrected chi connectivity index (χ0v) is 18.5. The molecule has 9 heteroatoms. The third kappa shape index (κ3) is 4.25. The van der Waals surface area contributed by atoms with Gasteiger partial charge in [0.1, 0.15) is 18.2 Å². The maximum atomic E-state index is 14.9. The number of hydrogen-bond donors (Lipinski definition) is 0. The van der Waals surface area contributed by atoms with E-state index >= 15 is 0 Å². The highest BCUT2D eigenvalue weighted by molar-refractivity contribution is 5.96. The second-order valence-corrected chi connectivity index (χ2v) is 8.15. The summed E-state index contributed by atoms with van der Waals surface area (Å²) in [5.41, 5.74) is 2.53. The van der Waals surface area contributed by atoms with Crippen molar-refractivity contribution in [3.63, 3.8) is 0 Å². The molecule has 1 aromatic heterocycles. The van der Waals surface area contributed by atoms with Crippen molar-refractivity contribution in [2.45, 2.75) is 19.9 Å². The lowest BCUT2D eigenvalue weighted by Crippen LogP contribution is -2.49. The van der Waals surface area contributed by atoms with E-state index in [1.807, 2.05) is 20.0 Å². The maximum Gasteiger partial charge on any atom is 0.414 e. The molecule has 2 saturated heterocycles. The van der Waals surface area contributed by atoms with E-state index in [-0.39, 0.29) is 30.7 Å². The minimum absolute atomic E-state index is 0.0114. The fourth-order valence-electron chi connectivity index (χ4n) is 4.25. The van der Waals surface area contributed by atoms with Crippen LogP contribution in [0.1, 0.15) is 21.5 Å². The standard InChI is InChI=1S/C23H27FN4O4/c1-15-10-16(2)21(25-12-15)26-6-8-27(9-7-26)22(29)19-5-4-17(11-20(19)24)28-18(13-31-3)14-32-23(28)30/h4-5,10-12,18H,6-9,13-14H2,1-3H3. The Labute approximate surface area is 186 Å². The highest BCUT2D eigenvalue weighted by Crippen LogP contribution is 2.27. The predicted octanol–water partition coefficient (Wildman–Crippen LogP) is 2.77. The lowest BCUT2D eigenvalue weighted by molar-refractivity contribution is 0.0742. The number of aromatic nitrogens is 1. The van der Waals surface area contributed by atoms with E-state index in [4.69, 9.17) is 9.47 Å². The van der Waals surface area contributed by atoms with Crippen molar-refractivity contribution < 1.29 is 23.5 Å². The number of halogens is 1. The second-order valence-electron chi connectivity index (χ2n) is 8.15. The summed E-state index contributed by atoms with van der Waals surface area (Å²) in [4.78, 5) is 34.7. The summed E-state index contributed by atoms with van der Waals surface area (Å²) in [6.45, 7) is 6.68. The quantitative estimate of drug-likeness (QED) is 0.709. The van der Waals surface area contributed by atoms with Gasteiger partial charge in [0.25, 0.3) is 5.91 Å². The Bertz CT molecular complexity index is 1020. The van der Waals surface area contributed by atoms with Gasteiger partial charge in [-0.2, -0.15) is 0 Å². The SMILES string of the molecule is COCC1COC(=O)N1c1ccc(C(=O)N2CCN(c3ncc(C)cc3C)CC2)c(F)c1. The van der Waals surface area contributed by atoms with Crippen LogP contribution in [0.25, 0.3) is 0 Å². The van der Waals surface area contributed by atoms with Gasteiger partial charge in [-0.3, -0.25) is 9.69 Å². The number of carbonyl (C=O) groups excluding carboxylic acids is 2. The molecule has 4 rings (SSSR count). The first-order chi connectivity index (χ1) is 15.4. The molecule has 1 aromatic carbocycles. The first-order valence-corrected chi connectivity index (χ1v) is 10.6. The Balaban J connectivity index is 1.44. The van der Waals surface area contributed by atoms with E-state index in [1.54, 1.807) is 11.0 Å². The molecule has 0 saturated carbocycles. The van der Waals surface area contributed by atoms with E-state index in [1.165, 1.54) is 24.1 Å². The van der Waals surface area contributed by atoms with Crippen molar-refractivity contribution in [1.29, 1.82) is 0 Å². The number of carbonyl (C=O) groups is 2. The van der Waals surface area contributed by atoms with Crippen LogP contribution in [0.5, 0.6) is 0 Å². The van der Waals surface area contributed by atoms with Gasteiger partial charge in [-0.15, -0.1) is 0 Å². The molecular formula is C23H27FN4O4. The minimum atomic E-state index is -0.665. The van der Waals surface area contributed by atoms with Crippen molar-refractivity contribution in [3.8, 4) is 0 Å². The Kier molecular flexibility index (Phi) is 6.27. The summed E-state index contributed by atoms with van der Waals surface area (Å²) >= 11 is 0. The average molecular weight is 442 g/mol. The number of nitrogens with zero attached hydrogens (tertiary/aromatic N) is 4. The average Bonchev–Trinajstić information content (AvgIpc) is 3.14. The molecule has 0 aliphatic carbocycles. The lowest BCUT2D eigenvalue weighted by atomic mass is 10.1. The number of pyridine rings is 1. The van der Waals surface area contributed by atoms with Crippen molar-refractivity contribution in [3.05, 3.63) is 53.0 Å². The molecule has 2 fully saturated rings. The van der Waals surface area contributed by atoms with Gasteiger partial charge in [0.05, 0.1) is 23.9 Å². The number of benzene rings is 1. The lowest BCUT2D eigenvalue weighted by Gasteiger charge is -2.36. The molecule has 2 aromatic rings. The highest BCUT2D eigenvalue weighted by atomic mass is 19.1. The summed E-state index contributed by atoms with van der Waals surface area (Å²) in [5, 5.41) is 0. The zero-order valence-electron chi connectivity index (χ0n) is 18.5. The number of hydrogen-bond acceptors (Lipinski definition) is 6. The smallest absolute Gasteiger partial charge is 0.414 e. The number of amides is 2. The number of cyclic esters (lactones) is 1. The molecule has 2 amide bonds. The van der Waals surface area contributed by atoms with Crippen LogP contribution in [0.2, 0.25) is 0 Å². The third-order valence-electron chi connectivity index (χ3n) is 5.84. The maximum absolute atomic E-state index is 14.9. The molecule has 0 N–H and O–H groups in total. The first kappa shape index (κ1) is 22.0. The van der Waals surface area contributed by atoms with Crippen LogP contribution in [0.4, 0.5) is 20.7 Å². The largest absolute Gasteiger partial charge is 0.447 e. The zero-order chi connectivity index (χ0) is 22.8. The van der Waals surface area contributed by atoms with Crippen LogP contribution in [-0.4, -0.2) is 74.4 Å². The Morgan fingerprint density at radius 3 is 2.62 bits per heavy atom. The van der Waals surface area contributed by atoms with Crippen LogP contribution < -0.4 is 9.80 Å². The molecular weight excluding hydrogens is 415 g/mol. The summed E-state index contributed by atoms with van der Waals surface area (Å²) in [6, 6.07) is 5.96. The molecule has 0 spiro atoms. The van der Waals surface area contributed by atoms with Crippen LogP contribution in [-0.2, 0) is 9.47 Å². The number of aryl methyl sites for hydroxylation is 2. The molecule has 1 unspecified atom stereocenters. The van der Waals surface area contributed by atoms with Gasteiger partial charge in [0.15, 0.2) is 0 Å². The monoisotopic (exact) mass is 442 g/mol. The molecule has 2 aliphatic rings. The van der Waals surface area contributed by atoms with Crippen molar-refractivity contribution in [1.82, 2.24) is 9.88 Å². The number of rotatable bonds is 5. The summed E-state index contributed by atoms with van der Waals surface area (Å²) in [7, 11) is 1.53. The minimum Gasteiger partial charge on any atom is -0.447 e. The summed E-state index contributed by atoms with van der Waals surface area (Å²) in [5.74, 6) is -0.108. The Morgan fingerprint density at radius 1 is 1.22 bits per heavy atom. The molecule has 2 aliphatic heterocycles. The van der Waals surface area contributed by atoms with Gasteiger partial charge >= 0.3 is 6.09 Å². The van der Waals surface area contributed by atoms with Gasteiger partial charge in [-0.25, -0.2) is 14.2 Å². The van der Waals surface area contributed by atoms with Crippen LogP contribution in [0.3, 0.4) is 0 Å². The van der Waals surface area contributed by atoms with Crippen molar-refractivity contribution in [2.24, 2.45) is 0 Å². The molecule has 0 radical (unpaired) electrons. The van der Waals surface area contributed by atoms with Crippen molar-refractivity contribution in [2.75, 3.05) is 56.3 Å². The predicted molar refractivity (Wildman–Crippen MR) is 118 cm³/mol. The molecule has 1 atom stereocenters. The molecule has 8 nitrogen and oxygen atoms in total. The third-order valence-corrected chi connectivity index (χ3v) is 5.84. The van der Waals surface area contributed by atoms with Crippen LogP contribution in [0.15, 0.2) is 30.5 Å². The first-order valence-electron chi connectivity index (χ1n) is 10.6. The summed E-state index contributed by atoms with van der Waals surface area (Å²) < 4.78 is 25.1. The number of ether oxygens (including phenoxy) is 2. The van der Waals surface area contributed by atoms with E-state index in [0.717, 1.165) is 16.9 Å². The Morgan fingerprint density at radius 2 is 1.97 bits per heavy atom. The van der Waals surface area contributed by atoms with Crippen LogP contribution in [0, 0.1) is 19.7 Å². The Hall–Kier alpha value is -3.20. The topological polar surface area (TPSA) is 75.2 Å². The molecule has 32 heavy (non-hydrogen) atoms. The number of piperazine rings is 1. The molecule has 0 bridgehead atoms. The van der Waals surface area contributed by atoms with E-state index < -0.39 is 11.9 Å².